The molecule has 2 nitrogen and oxygen atoms in total. The van der Waals surface area contributed by atoms with Crippen LogP contribution in [-0.4, -0.2) is 11.1 Å². The van der Waals surface area contributed by atoms with Crippen molar-refractivity contribution >= 4 is 17.2 Å². The number of thiocarbonyl (C=S) groups is 1. The van der Waals surface area contributed by atoms with Gasteiger partial charge in [-0.2, -0.15) is 0 Å². The average molecular weight is 267 g/mol. The number of ether oxygens (including phenoxy) is 1. The maximum atomic E-state index is 13.2. The highest BCUT2D eigenvalue weighted by atomic mass is 32.1. The van der Waals surface area contributed by atoms with E-state index in [0.29, 0.717) is 11.3 Å². The Morgan fingerprint density at radius 3 is 2.50 bits per heavy atom. The van der Waals surface area contributed by atoms with E-state index in [-0.39, 0.29) is 16.9 Å². The second-order valence-electron chi connectivity index (χ2n) is 4.74. The van der Waals surface area contributed by atoms with Crippen molar-refractivity contribution in [3.8, 4) is 5.75 Å². The quantitative estimate of drug-likeness (QED) is 0.672. The molecule has 0 aliphatic heterocycles. The van der Waals surface area contributed by atoms with Crippen LogP contribution in [0, 0.1) is 5.82 Å². The minimum absolute atomic E-state index is 0.179. The van der Waals surface area contributed by atoms with Crippen LogP contribution in [-0.2, 0) is 0 Å². The van der Waals surface area contributed by atoms with E-state index in [1.165, 1.54) is 37.8 Å². The van der Waals surface area contributed by atoms with Crippen LogP contribution in [0.25, 0.3) is 0 Å². The maximum absolute atomic E-state index is 13.2. The molecule has 0 atom stereocenters. The molecule has 0 aromatic heterocycles. The molecule has 1 aliphatic rings. The van der Waals surface area contributed by atoms with Crippen LogP contribution in [0.1, 0.15) is 44.1 Å². The summed E-state index contributed by atoms with van der Waals surface area (Å²) in [7, 11) is 0. The molecule has 0 unspecified atom stereocenters. The van der Waals surface area contributed by atoms with Gasteiger partial charge in [-0.1, -0.05) is 25.1 Å². The van der Waals surface area contributed by atoms with Gasteiger partial charge >= 0.3 is 0 Å². The van der Waals surface area contributed by atoms with E-state index in [2.05, 4.69) is 0 Å². The molecule has 1 aromatic carbocycles. The minimum atomic E-state index is -0.342. The molecule has 2 N–H and O–H groups in total. The standard InChI is InChI=1S/C14H18FNOS/c15-10-7-8-13(12(9-10)14(16)18)17-11-5-3-1-2-4-6-11/h7-9,11H,1-6H2,(H2,16,18). The van der Waals surface area contributed by atoms with Crippen molar-refractivity contribution in [2.75, 3.05) is 0 Å². The molecule has 0 bridgehead atoms. The molecule has 1 aliphatic carbocycles. The highest BCUT2D eigenvalue weighted by Crippen LogP contribution is 2.26. The molecule has 98 valence electrons. The Kier molecular flexibility index (Phi) is 4.53. The van der Waals surface area contributed by atoms with Crippen molar-refractivity contribution in [2.24, 2.45) is 5.73 Å². The smallest absolute Gasteiger partial charge is 0.130 e. The van der Waals surface area contributed by atoms with E-state index < -0.39 is 0 Å². The lowest BCUT2D eigenvalue weighted by molar-refractivity contribution is 0.183. The van der Waals surface area contributed by atoms with Gasteiger partial charge in [-0.3, -0.25) is 0 Å². The first-order chi connectivity index (χ1) is 8.66. The molecule has 1 aromatic rings. The van der Waals surface area contributed by atoms with Crippen LogP contribution in [0.15, 0.2) is 18.2 Å². The van der Waals surface area contributed by atoms with E-state index in [4.69, 9.17) is 22.7 Å². The van der Waals surface area contributed by atoms with Gasteiger partial charge in [-0.15, -0.1) is 0 Å². The fraction of sp³-hybridized carbons (Fsp3) is 0.500. The number of nitrogens with two attached hydrogens (primary N) is 1. The number of benzene rings is 1. The summed E-state index contributed by atoms with van der Waals surface area (Å²) < 4.78 is 19.1. The topological polar surface area (TPSA) is 35.2 Å². The monoisotopic (exact) mass is 267 g/mol. The van der Waals surface area contributed by atoms with E-state index in [1.54, 1.807) is 6.07 Å². The number of rotatable bonds is 3. The summed E-state index contributed by atoms with van der Waals surface area (Å²) in [5.41, 5.74) is 6.10. The summed E-state index contributed by atoms with van der Waals surface area (Å²) in [6.07, 6.45) is 7.22. The maximum Gasteiger partial charge on any atom is 0.130 e. The van der Waals surface area contributed by atoms with Gasteiger partial charge in [-0.05, 0) is 43.9 Å². The van der Waals surface area contributed by atoms with Crippen LogP contribution in [0.2, 0.25) is 0 Å². The first kappa shape index (κ1) is 13.3. The van der Waals surface area contributed by atoms with Gasteiger partial charge in [0.1, 0.15) is 16.6 Å². The molecular weight excluding hydrogens is 249 g/mol. The number of hydrogen-bond donors (Lipinski definition) is 1. The summed E-state index contributed by atoms with van der Waals surface area (Å²) >= 11 is 4.93. The van der Waals surface area contributed by atoms with Gasteiger partial charge in [0.05, 0.1) is 11.7 Å². The predicted octanol–water partition coefficient (Wildman–Crippen LogP) is 3.56. The Morgan fingerprint density at radius 1 is 1.22 bits per heavy atom. The van der Waals surface area contributed by atoms with Crippen molar-refractivity contribution in [1.29, 1.82) is 0 Å². The third-order valence-electron chi connectivity index (χ3n) is 3.30. The van der Waals surface area contributed by atoms with E-state index in [0.717, 1.165) is 12.8 Å². The van der Waals surface area contributed by atoms with E-state index in [1.807, 2.05) is 0 Å². The molecule has 1 fully saturated rings. The molecule has 0 saturated heterocycles. The summed E-state index contributed by atoms with van der Waals surface area (Å²) in [6.45, 7) is 0. The lowest BCUT2D eigenvalue weighted by Gasteiger charge is -2.19. The Bertz CT molecular complexity index is 428. The van der Waals surface area contributed by atoms with Gasteiger partial charge < -0.3 is 10.5 Å². The zero-order valence-corrected chi connectivity index (χ0v) is 11.1. The zero-order chi connectivity index (χ0) is 13.0. The molecule has 0 heterocycles. The molecular formula is C14H18FNOS. The first-order valence-electron chi connectivity index (χ1n) is 6.43. The molecule has 2 rings (SSSR count). The molecule has 18 heavy (non-hydrogen) atoms. The highest BCUT2D eigenvalue weighted by molar-refractivity contribution is 7.80. The highest BCUT2D eigenvalue weighted by Gasteiger charge is 2.16. The van der Waals surface area contributed by atoms with Crippen LogP contribution in [0.3, 0.4) is 0 Å². The van der Waals surface area contributed by atoms with Gasteiger partial charge in [0.25, 0.3) is 0 Å². The predicted molar refractivity (Wildman–Crippen MR) is 74.4 cm³/mol. The van der Waals surface area contributed by atoms with Crippen LogP contribution in [0.4, 0.5) is 4.39 Å². The zero-order valence-electron chi connectivity index (χ0n) is 10.3. The normalized spacial score (nSPS) is 17.2. The fourth-order valence-electron chi connectivity index (χ4n) is 2.34. The van der Waals surface area contributed by atoms with Crippen LogP contribution < -0.4 is 10.5 Å². The van der Waals surface area contributed by atoms with E-state index in [9.17, 15) is 4.39 Å². The largest absolute Gasteiger partial charge is 0.490 e. The van der Waals surface area contributed by atoms with Crippen molar-refractivity contribution < 1.29 is 9.13 Å². The van der Waals surface area contributed by atoms with Crippen LogP contribution >= 0.6 is 12.2 Å². The molecule has 0 spiro atoms. The number of halogens is 1. The van der Waals surface area contributed by atoms with Gasteiger partial charge in [-0.25, -0.2) is 4.39 Å². The summed E-state index contributed by atoms with van der Waals surface area (Å²) in [6, 6.07) is 4.34. The van der Waals surface area contributed by atoms with Crippen molar-refractivity contribution in [3.05, 3.63) is 29.6 Å². The van der Waals surface area contributed by atoms with Gasteiger partial charge in [0, 0.05) is 0 Å². The first-order valence-corrected chi connectivity index (χ1v) is 6.83. The van der Waals surface area contributed by atoms with E-state index >= 15 is 0 Å². The lowest BCUT2D eigenvalue weighted by Crippen LogP contribution is -2.19. The third-order valence-corrected chi connectivity index (χ3v) is 3.52. The lowest BCUT2D eigenvalue weighted by atomic mass is 10.1. The van der Waals surface area contributed by atoms with Gasteiger partial charge in [0.15, 0.2) is 0 Å². The summed E-state index contributed by atoms with van der Waals surface area (Å²) in [4.78, 5) is 0.179. The second-order valence-corrected chi connectivity index (χ2v) is 5.18. The van der Waals surface area contributed by atoms with Crippen molar-refractivity contribution in [3.63, 3.8) is 0 Å². The summed E-state index contributed by atoms with van der Waals surface area (Å²) in [5.74, 6) is 0.266. The fourth-order valence-corrected chi connectivity index (χ4v) is 2.50. The van der Waals surface area contributed by atoms with Crippen LogP contribution in [0.5, 0.6) is 5.75 Å². The Hall–Kier alpha value is -1.16. The SMILES string of the molecule is NC(=S)c1cc(F)ccc1OC1CCCCCC1. The minimum Gasteiger partial charge on any atom is -0.490 e. The average Bonchev–Trinajstić information content (AvgIpc) is 2.60. The Labute approximate surface area is 112 Å². The molecule has 1 saturated carbocycles. The number of hydrogen-bond acceptors (Lipinski definition) is 2. The Balaban J connectivity index is 2.14. The molecule has 0 amide bonds. The Morgan fingerprint density at radius 2 is 1.89 bits per heavy atom. The van der Waals surface area contributed by atoms with Gasteiger partial charge in [0.2, 0.25) is 0 Å². The summed E-state index contributed by atoms with van der Waals surface area (Å²) in [5, 5.41) is 0. The molecule has 0 radical (unpaired) electrons. The second kappa shape index (κ2) is 6.14. The molecule has 4 heteroatoms. The van der Waals surface area contributed by atoms with Crippen molar-refractivity contribution in [2.45, 2.75) is 44.6 Å². The van der Waals surface area contributed by atoms with Crippen molar-refractivity contribution in [1.82, 2.24) is 0 Å². The third kappa shape index (κ3) is 3.42.